The number of nitrogens with zero attached hydrogens (tertiary/aromatic N) is 3. The van der Waals surface area contributed by atoms with Gasteiger partial charge < -0.3 is 14.7 Å². The molecule has 0 aliphatic carbocycles. The monoisotopic (exact) mass is 347 g/mol. The molecule has 1 aromatic carbocycles. The molecule has 1 aliphatic rings. The van der Waals surface area contributed by atoms with E-state index in [0.29, 0.717) is 17.3 Å². The normalized spacial score (nSPS) is 16.8. The van der Waals surface area contributed by atoms with Gasteiger partial charge in [0.15, 0.2) is 0 Å². The molecule has 6 heteroatoms. The summed E-state index contributed by atoms with van der Waals surface area (Å²) in [5.74, 6) is 1.62. The van der Waals surface area contributed by atoms with Crippen LogP contribution in [0, 0.1) is 0 Å². The maximum absolute atomic E-state index is 10.2. The number of hydrogen-bond acceptors (Lipinski definition) is 5. The van der Waals surface area contributed by atoms with Crippen molar-refractivity contribution < 1.29 is 9.84 Å². The number of aliphatic hydroxyl groups is 1. The Labute approximate surface area is 147 Å². The summed E-state index contributed by atoms with van der Waals surface area (Å²) in [7, 11) is 0. The smallest absolute Gasteiger partial charge is 0.138 e. The quantitative estimate of drug-likeness (QED) is 0.869. The lowest BCUT2D eigenvalue weighted by Gasteiger charge is -2.36. The van der Waals surface area contributed by atoms with Crippen molar-refractivity contribution in [3.63, 3.8) is 0 Å². The maximum atomic E-state index is 10.2. The number of benzene rings is 1. The van der Waals surface area contributed by atoms with Crippen molar-refractivity contribution >= 4 is 17.4 Å². The van der Waals surface area contributed by atoms with Crippen LogP contribution in [-0.2, 0) is 0 Å². The van der Waals surface area contributed by atoms with Gasteiger partial charge in [-0.3, -0.25) is 4.90 Å². The lowest BCUT2D eigenvalue weighted by atomic mass is 10.2. The Morgan fingerprint density at radius 3 is 2.54 bits per heavy atom. The Morgan fingerprint density at radius 2 is 1.83 bits per heavy atom. The van der Waals surface area contributed by atoms with Crippen molar-refractivity contribution in [1.82, 2.24) is 9.88 Å². The van der Waals surface area contributed by atoms with Crippen molar-refractivity contribution in [3.8, 4) is 5.75 Å². The average Bonchev–Trinajstić information content (AvgIpc) is 2.62. The minimum absolute atomic E-state index is 0.240. The van der Waals surface area contributed by atoms with E-state index in [-0.39, 0.29) is 6.61 Å². The molecular formula is C18H22ClN3O2. The van der Waals surface area contributed by atoms with Crippen LogP contribution in [0.25, 0.3) is 0 Å². The second-order valence-electron chi connectivity index (χ2n) is 5.87. The zero-order chi connectivity index (χ0) is 16.8. The van der Waals surface area contributed by atoms with Gasteiger partial charge in [-0.15, -0.1) is 0 Å². The van der Waals surface area contributed by atoms with Crippen LogP contribution in [0.5, 0.6) is 5.75 Å². The lowest BCUT2D eigenvalue weighted by Crippen LogP contribution is -2.49. The molecule has 0 spiro atoms. The zero-order valence-electron chi connectivity index (χ0n) is 13.5. The molecule has 1 atom stereocenters. The number of halogens is 1. The van der Waals surface area contributed by atoms with Gasteiger partial charge in [0, 0.05) is 38.9 Å². The predicted octanol–water partition coefficient (Wildman–Crippen LogP) is 2.30. The highest BCUT2D eigenvalue weighted by atomic mass is 35.5. The van der Waals surface area contributed by atoms with Crippen molar-refractivity contribution in [2.75, 3.05) is 44.2 Å². The van der Waals surface area contributed by atoms with E-state index in [1.807, 2.05) is 36.5 Å². The number of hydrogen-bond donors (Lipinski definition) is 1. The van der Waals surface area contributed by atoms with Gasteiger partial charge in [0.1, 0.15) is 24.3 Å². The number of pyridine rings is 1. The molecule has 1 aromatic heterocycles. The number of rotatable bonds is 6. The van der Waals surface area contributed by atoms with Crippen LogP contribution in [0.3, 0.4) is 0 Å². The topological polar surface area (TPSA) is 48.8 Å². The van der Waals surface area contributed by atoms with Gasteiger partial charge in [-0.1, -0.05) is 29.8 Å². The summed E-state index contributed by atoms with van der Waals surface area (Å²) in [4.78, 5) is 8.90. The second-order valence-corrected chi connectivity index (χ2v) is 6.28. The van der Waals surface area contributed by atoms with Crippen LogP contribution in [0.15, 0.2) is 48.7 Å². The lowest BCUT2D eigenvalue weighted by molar-refractivity contribution is 0.0663. The number of anilines is 1. The van der Waals surface area contributed by atoms with E-state index >= 15 is 0 Å². The van der Waals surface area contributed by atoms with Crippen molar-refractivity contribution in [3.05, 3.63) is 53.7 Å². The first kappa shape index (κ1) is 17.0. The zero-order valence-corrected chi connectivity index (χ0v) is 14.3. The van der Waals surface area contributed by atoms with Crippen LogP contribution in [0.1, 0.15) is 0 Å². The number of para-hydroxylation sites is 1. The average molecular weight is 348 g/mol. The molecular weight excluding hydrogens is 326 g/mol. The largest absolute Gasteiger partial charge is 0.489 e. The third-order valence-corrected chi connectivity index (χ3v) is 4.39. The van der Waals surface area contributed by atoms with Crippen LogP contribution < -0.4 is 9.64 Å². The summed E-state index contributed by atoms with van der Waals surface area (Å²) in [6, 6.07) is 13.3. The van der Waals surface area contributed by atoms with Crippen LogP contribution in [0.2, 0.25) is 5.02 Å². The fourth-order valence-corrected chi connectivity index (χ4v) is 2.99. The minimum atomic E-state index is -0.539. The Bertz CT molecular complexity index is 633. The first-order valence-corrected chi connectivity index (χ1v) is 8.54. The molecule has 3 rings (SSSR count). The molecule has 128 valence electrons. The first-order valence-electron chi connectivity index (χ1n) is 8.16. The van der Waals surface area contributed by atoms with Gasteiger partial charge in [-0.2, -0.15) is 0 Å². The van der Waals surface area contributed by atoms with Gasteiger partial charge in [0.05, 0.1) is 5.02 Å². The minimum Gasteiger partial charge on any atom is -0.489 e. The predicted molar refractivity (Wildman–Crippen MR) is 95.8 cm³/mol. The Kier molecular flexibility index (Phi) is 5.91. The van der Waals surface area contributed by atoms with Crippen LogP contribution >= 0.6 is 11.6 Å². The third-order valence-electron chi connectivity index (χ3n) is 4.08. The van der Waals surface area contributed by atoms with Gasteiger partial charge >= 0.3 is 0 Å². The Balaban J connectivity index is 1.42. The van der Waals surface area contributed by atoms with Gasteiger partial charge in [0.2, 0.25) is 0 Å². The van der Waals surface area contributed by atoms with E-state index in [0.717, 1.165) is 32.0 Å². The highest BCUT2D eigenvalue weighted by Gasteiger charge is 2.20. The maximum Gasteiger partial charge on any atom is 0.138 e. The van der Waals surface area contributed by atoms with Gasteiger partial charge in [-0.25, -0.2) is 4.98 Å². The van der Waals surface area contributed by atoms with E-state index in [4.69, 9.17) is 16.3 Å². The molecule has 0 amide bonds. The summed E-state index contributed by atoms with van der Waals surface area (Å²) >= 11 is 6.05. The second kappa shape index (κ2) is 8.33. The number of β-amino-alcohol motifs (C(OH)–C–C–N with tert-alkyl or cyclic N) is 1. The van der Waals surface area contributed by atoms with E-state index in [9.17, 15) is 5.11 Å². The molecule has 2 aromatic rings. The molecule has 2 heterocycles. The molecule has 5 nitrogen and oxygen atoms in total. The van der Waals surface area contributed by atoms with E-state index in [1.54, 1.807) is 12.1 Å². The molecule has 1 saturated heterocycles. The molecule has 0 bridgehead atoms. The summed E-state index contributed by atoms with van der Waals surface area (Å²) < 4.78 is 5.60. The molecule has 1 aliphatic heterocycles. The molecule has 0 radical (unpaired) electrons. The molecule has 1 fully saturated rings. The Morgan fingerprint density at radius 1 is 1.08 bits per heavy atom. The molecule has 24 heavy (non-hydrogen) atoms. The fourth-order valence-electron chi connectivity index (χ4n) is 2.80. The van der Waals surface area contributed by atoms with Crippen molar-refractivity contribution in [2.24, 2.45) is 0 Å². The summed E-state index contributed by atoms with van der Waals surface area (Å²) in [5.41, 5.74) is 0. The van der Waals surface area contributed by atoms with Crippen molar-refractivity contribution in [1.29, 1.82) is 0 Å². The summed E-state index contributed by atoms with van der Waals surface area (Å²) in [6.45, 7) is 4.47. The summed E-state index contributed by atoms with van der Waals surface area (Å²) in [5, 5.41) is 10.8. The Hall–Kier alpha value is -1.82. The SMILES string of the molecule is OC(COc1ccccc1Cl)CN1CCN(c2ccccn2)CC1. The standard InChI is InChI=1S/C18H22ClN3O2/c19-16-5-1-2-6-17(16)24-14-15(23)13-21-9-11-22(12-10-21)18-7-3-4-8-20-18/h1-8,15,23H,9-14H2. The van der Waals surface area contributed by atoms with Crippen LogP contribution in [0.4, 0.5) is 5.82 Å². The van der Waals surface area contributed by atoms with E-state index in [2.05, 4.69) is 14.8 Å². The van der Waals surface area contributed by atoms with Gasteiger partial charge in [0.25, 0.3) is 0 Å². The molecule has 1 N–H and O–H groups in total. The highest BCUT2D eigenvalue weighted by molar-refractivity contribution is 6.32. The number of aliphatic hydroxyl groups excluding tert-OH is 1. The molecule has 0 saturated carbocycles. The summed E-state index contributed by atoms with van der Waals surface area (Å²) in [6.07, 6.45) is 1.28. The number of piperazine rings is 1. The molecule has 1 unspecified atom stereocenters. The number of aromatic nitrogens is 1. The highest BCUT2D eigenvalue weighted by Crippen LogP contribution is 2.23. The van der Waals surface area contributed by atoms with E-state index in [1.165, 1.54) is 0 Å². The number of ether oxygens (including phenoxy) is 1. The first-order chi connectivity index (χ1) is 11.7. The van der Waals surface area contributed by atoms with Crippen molar-refractivity contribution in [2.45, 2.75) is 6.10 Å². The fraction of sp³-hybridized carbons (Fsp3) is 0.389. The van der Waals surface area contributed by atoms with Gasteiger partial charge in [-0.05, 0) is 24.3 Å². The van der Waals surface area contributed by atoms with E-state index < -0.39 is 6.10 Å². The van der Waals surface area contributed by atoms with Crippen LogP contribution in [-0.4, -0.2) is 60.4 Å². The third kappa shape index (κ3) is 4.60.